The lowest BCUT2D eigenvalue weighted by Gasteiger charge is -2.26. The van der Waals surface area contributed by atoms with Crippen molar-refractivity contribution in [2.45, 2.75) is 13.0 Å². The Morgan fingerprint density at radius 2 is 1.61 bits per heavy atom. The highest BCUT2D eigenvalue weighted by Gasteiger charge is 2.47. The van der Waals surface area contributed by atoms with Crippen LogP contribution in [0, 0.1) is 6.92 Å². The Kier molecular flexibility index (Phi) is 7.03. The first-order valence-electron chi connectivity index (χ1n) is 11.9. The van der Waals surface area contributed by atoms with Crippen LogP contribution in [0.4, 0.5) is 5.69 Å². The number of anilines is 1. The number of carbonyl (C=O) groups is 2. The number of Topliss-reactive ketones (excluding diaryl/α,β-unsaturated/α-hetero) is 1. The Hall–Kier alpha value is -4.36. The second kappa shape index (κ2) is 10.6. The topological polar surface area (TPSA) is 76.1 Å². The molecule has 1 fully saturated rings. The SMILES string of the molecule is COc1ccc(/C(O)=C2\C(=O)C(=O)N(c3cccc(C)c3)C2c2cccc(Oc3ccccc3)c2)cc1Br. The molecule has 1 atom stereocenters. The first-order chi connectivity index (χ1) is 18.4. The largest absolute Gasteiger partial charge is 0.507 e. The first-order valence-corrected chi connectivity index (χ1v) is 12.7. The molecule has 1 amide bonds. The molecule has 0 aromatic heterocycles. The Labute approximate surface area is 228 Å². The lowest BCUT2D eigenvalue weighted by molar-refractivity contribution is -0.132. The van der Waals surface area contributed by atoms with Gasteiger partial charge in [0.2, 0.25) is 0 Å². The molecule has 4 aromatic carbocycles. The number of aryl methyl sites for hydroxylation is 1. The molecule has 1 N–H and O–H groups in total. The van der Waals surface area contributed by atoms with Gasteiger partial charge < -0.3 is 14.6 Å². The van der Waals surface area contributed by atoms with Crippen LogP contribution in [-0.4, -0.2) is 23.9 Å². The summed E-state index contributed by atoms with van der Waals surface area (Å²) >= 11 is 3.43. The number of halogens is 1. The average Bonchev–Trinajstić information content (AvgIpc) is 3.19. The van der Waals surface area contributed by atoms with Crippen LogP contribution in [0.2, 0.25) is 0 Å². The lowest BCUT2D eigenvalue weighted by atomic mass is 9.95. The van der Waals surface area contributed by atoms with Gasteiger partial charge in [-0.15, -0.1) is 0 Å². The summed E-state index contributed by atoms with van der Waals surface area (Å²) in [6, 6.07) is 28.0. The van der Waals surface area contributed by atoms with Gasteiger partial charge in [-0.25, -0.2) is 0 Å². The van der Waals surface area contributed by atoms with Gasteiger partial charge in [-0.1, -0.05) is 42.5 Å². The molecule has 0 spiro atoms. The molecule has 38 heavy (non-hydrogen) atoms. The maximum absolute atomic E-state index is 13.5. The molecule has 0 radical (unpaired) electrons. The third kappa shape index (κ3) is 4.80. The van der Waals surface area contributed by atoms with Crippen molar-refractivity contribution in [1.82, 2.24) is 0 Å². The molecule has 5 rings (SSSR count). The van der Waals surface area contributed by atoms with Gasteiger partial charge in [0.1, 0.15) is 23.0 Å². The van der Waals surface area contributed by atoms with Gasteiger partial charge in [0.15, 0.2) is 0 Å². The second-order valence-corrected chi connectivity index (χ2v) is 9.70. The van der Waals surface area contributed by atoms with Gasteiger partial charge in [-0.2, -0.15) is 0 Å². The summed E-state index contributed by atoms with van der Waals surface area (Å²) in [4.78, 5) is 28.4. The van der Waals surface area contributed by atoms with Crippen molar-refractivity contribution in [2.24, 2.45) is 0 Å². The van der Waals surface area contributed by atoms with Gasteiger partial charge in [0.05, 0.1) is 23.2 Å². The normalized spacial score (nSPS) is 16.5. The molecule has 1 aliphatic rings. The summed E-state index contributed by atoms with van der Waals surface area (Å²) < 4.78 is 11.9. The highest BCUT2D eigenvalue weighted by Crippen LogP contribution is 2.43. The summed E-state index contributed by atoms with van der Waals surface area (Å²) in [5.74, 6) is 0.000860. The Bertz CT molecular complexity index is 1560. The number of carbonyl (C=O) groups excluding carboxylic acids is 2. The van der Waals surface area contributed by atoms with Crippen LogP contribution in [0.15, 0.2) is 107 Å². The number of amides is 1. The van der Waals surface area contributed by atoms with Crippen LogP contribution in [0.1, 0.15) is 22.7 Å². The van der Waals surface area contributed by atoms with Crippen LogP contribution >= 0.6 is 15.9 Å². The number of nitrogens with zero attached hydrogens (tertiary/aromatic N) is 1. The quantitative estimate of drug-likeness (QED) is 0.151. The van der Waals surface area contributed by atoms with E-state index in [0.717, 1.165) is 5.56 Å². The number of aliphatic hydroxyl groups excluding tert-OH is 1. The maximum Gasteiger partial charge on any atom is 0.300 e. The Balaban J connectivity index is 1.68. The number of ether oxygens (including phenoxy) is 2. The minimum atomic E-state index is -0.878. The molecule has 0 aliphatic carbocycles. The standard InChI is InChI=1S/C31H24BrNO5/c1-19-8-6-10-22(16-19)33-28(20-9-7-13-24(17-20)38-23-11-4-3-5-12-23)27(30(35)31(33)36)29(34)21-14-15-26(37-2)25(32)18-21/h3-18,28,34H,1-2H3/b29-27+. The van der Waals surface area contributed by atoms with Crippen LogP contribution in [-0.2, 0) is 9.59 Å². The fraction of sp³-hybridized carbons (Fsp3) is 0.0968. The van der Waals surface area contributed by atoms with E-state index in [1.165, 1.54) is 12.0 Å². The molecule has 0 saturated carbocycles. The molecule has 1 unspecified atom stereocenters. The fourth-order valence-electron chi connectivity index (χ4n) is 4.53. The van der Waals surface area contributed by atoms with E-state index in [1.807, 2.05) is 61.5 Å². The summed E-state index contributed by atoms with van der Waals surface area (Å²) in [5, 5.41) is 11.4. The molecule has 190 valence electrons. The van der Waals surface area contributed by atoms with E-state index in [0.29, 0.717) is 38.5 Å². The van der Waals surface area contributed by atoms with Gasteiger partial charge in [-0.3, -0.25) is 14.5 Å². The highest BCUT2D eigenvalue weighted by molar-refractivity contribution is 9.10. The van der Waals surface area contributed by atoms with E-state index >= 15 is 0 Å². The molecule has 1 saturated heterocycles. The number of ketones is 1. The van der Waals surface area contributed by atoms with Gasteiger partial charge >= 0.3 is 0 Å². The second-order valence-electron chi connectivity index (χ2n) is 8.85. The summed E-state index contributed by atoms with van der Waals surface area (Å²) in [6.07, 6.45) is 0. The predicted octanol–water partition coefficient (Wildman–Crippen LogP) is 7.18. The minimum absolute atomic E-state index is 0.00886. The van der Waals surface area contributed by atoms with Gasteiger partial charge in [0, 0.05) is 11.3 Å². The van der Waals surface area contributed by atoms with E-state index in [1.54, 1.807) is 42.5 Å². The van der Waals surface area contributed by atoms with E-state index in [4.69, 9.17) is 9.47 Å². The van der Waals surface area contributed by atoms with Crippen LogP contribution in [0.25, 0.3) is 5.76 Å². The Morgan fingerprint density at radius 1 is 0.868 bits per heavy atom. The molecule has 7 heteroatoms. The lowest BCUT2D eigenvalue weighted by Crippen LogP contribution is -2.29. The third-order valence-electron chi connectivity index (χ3n) is 6.30. The van der Waals surface area contributed by atoms with E-state index in [2.05, 4.69) is 15.9 Å². The number of aliphatic hydroxyl groups is 1. The zero-order valence-electron chi connectivity index (χ0n) is 20.7. The van der Waals surface area contributed by atoms with Crippen molar-refractivity contribution < 1.29 is 24.2 Å². The molecule has 1 heterocycles. The minimum Gasteiger partial charge on any atom is -0.507 e. The number of methoxy groups -OCH3 is 1. The summed E-state index contributed by atoms with van der Waals surface area (Å²) in [7, 11) is 1.54. The zero-order valence-corrected chi connectivity index (χ0v) is 22.3. The molecular weight excluding hydrogens is 546 g/mol. The predicted molar refractivity (Wildman–Crippen MR) is 150 cm³/mol. The number of rotatable bonds is 6. The average molecular weight is 570 g/mol. The fourth-order valence-corrected chi connectivity index (χ4v) is 5.07. The Morgan fingerprint density at radius 3 is 2.32 bits per heavy atom. The van der Waals surface area contributed by atoms with Gasteiger partial charge in [0.25, 0.3) is 11.7 Å². The molecule has 6 nitrogen and oxygen atoms in total. The molecule has 4 aromatic rings. The van der Waals surface area contributed by atoms with Crippen molar-refractivity contribution >= 4 is 39.1 Å². The number of hydrogen-bond acceptors (Lipinski definition) is 5. The van der Waals surface area contributed by atoms with E-state index in [-0.39, 0.29) is 11.3 Å². The maximum atomic E-state index is 13.5. The number of benzene rings is 4. The van der Waals surface area contributed by atoms with E-state index in [9.17, 15) is 14.7 Å². The third-order valence-corrected chi connectivity index (χ3v) is 6.92. The smallest absolute Gasteiger partial charge is 0.300 e. The summed E-state index contributed by atoms with van der Waals surface area (Å²) in [6.45, 7) is 1.91. The van der Waals surface area contributed by atoms with Crippen LogP contribution in [0.5, 0.6) is 17.2 Å². The van der Waals surface area contributed by atoms with Crippen molar-refractivity contribution in [3.63, 3.8) is 0 Å². The van der Waals surface area contributed by atoms with Crippen LogP contribution < -0.4 is 14.4 Å². The van der Waals surface area contributed by atoms with Gasteiger partial charge in [-0.05, 0) is 88.6 Å². The molecular formula is C31H24BrNO5. The monoisotopic (exact) mass is 569 g/mol. The number of para-hydroxylation sites is 1. The molecule has 1 aliphatic heterocycles. The highest BCUT2D eigenvalue weighted by atomic mass is 79.9. The first kappa shape index (κ1) is 25.3. The molecule has 0 bridgehead atoms. The summed E-state index contributed by atoms with van der Waals surface area (Å²) in [5.41, 5.74) is 2.48. The van der Waals surface area contributed by atoms with Crippen molar-refractivity contribution in [3.8, 4) is 17.2 Å². The zero-order chi connectivity index (χ0) is 26.8. The van der Waals surface area contributed by atoms with Crippen molar-refractivity contribution in [1.29, 1.82) is 0 Å². The van der Waals surface area contributed by atoms with Crippen molar-refractivity contribution in [3.05, 3.63) is 124 Å². The number of hydrogen-bond donors (Lipinski definition) is 1. The van der Waals surface area contributed by atoms with Crippen LogP contribution in [0.3, 0.4) is 0 Å². The van der Waals surface area contributed by atoms with Crippen molar-refractivity contribution in [2.75, 3.05) is 12.0 Å². The van der Waals surface area contributed by atoms with E-state index < -0.39 is 17.7 Å².